The van der Waals surface area contributed by atoms with E-state index in [1.54, 1.807) is 0 Å². The molecule has 2 aromatic rings. The van der Waals surface area contributed by atoms with Crippen molar-refractivity contribution in [3.63, 3.8) is 0 Å². The van der Waals surface area contributed by atoms with E-state index in [1.807, 2.05) is 0 Å². The molecule has 0 heterocycles. The van der Waals surface area contributed by atoms with Gasteiger partial charge in [-0.15, -0.1) is 0 Å². The number of carbonyl (C=O) groups excluding carboxylic acids is 1. The van der Waals surface area contributed by atoms with Gasteiger partial charge in [-0.1, -0.05) is 12.1 Å². The van der Waals surface area contributed by atoms with Gasteiger partial charge in [-0.3, -0.25) is 4.79 Å². The second-order valence-electron chi connectivity index (χ2n) is 4.16. The minimum Gasteiger partial charge on any atom is -0.298 e. The lowest BCUT2D eigenvalue weighted by molar-refractivity contribution is -0.137. The van der Waals surface area contributed by atoms with Crippen LogP contribution < -0.4 is 0 Å². The van der Waals surface area contributed by atoms with Crippen molar-refractivity contribution in [2.75, 3.05) is 0 Å². The number of carbonyl (C=O) groups is 1. The Morgan fingerprint density at radius 3 is 2.05 bits per heavy atom. The maximum absolute atomic E-state index is 13.6. The molecule has 0 saturated heterocycles. The molecular formula is C14H6F6O. The summed E-state index contributed by atoms with van der Waals surface area (Å²) in [6, 6.07) is 3.08. The van der Waals surface area contributed by atoms with Crippen molar-refractivity contribution in [1.82, 2.24) is 0 Å². The highest BCUT2D eigenvalue weighted by atomic mass is 19.4. The van der Waals surface area contributed by atoms with E-state index < -0.39 is 40.3 Å². The Morgan fingerprint density at radius 2 is 1.48 bits per heavy atom. The first-order chi connectivity index (χ1) is 9.74. The molecular weight excluding hydrogens is 298 g/mol. The summed E-state index contributed by atoms with van der Waals surface area (Å²) in [5.74, 6) is -4.04. The summed E-state index contributed by atoms with van der Waals surface area (Å²) in [7, 11) is 0. The SMILES string of the molecule is O=Cc1ccc(-c2cc(F)c(F)cc2F)cc1C(F)(F)F. The van der Waals surface area contributed by atoms with Crippen molar-refractivity contribution >= 4 is 6.29 Å². The average Bonchev–Trinajstić information content (AvgIpc) is 2.41. The molecule has 0 unspecified atom stereocenters. The van der Waals surface area contributed by atoms with Gasteiger partial charge in [-0.25, -0.2) is 13.2 Å². The molecule has 2 aromatic carbocycles. The van der Waals surface area contributed by atoms with Gasteiger partial charge in [0.15, 0.2) is 17.9 Å². The van der Waals surface area contributed by atoms with Gasteiger partial charge in [0.1, 0.15) is 5.82 Å². The summed E-state index contributed by atoms with van der Waals surface area (Å²) < 4.78 is 77.9. The lowest BCUT2D eigenvalue weighted by atomic mass is 9.98. The lowest BCUT2D eigenvalue weighted by Gasteiger charge is -2.12. The highest BCUT2D eigenvalue weighted by Crippen LogP contribution is 2.35. The quantitative estimate of drug-likeness (QED) is 0.450. The van der Waals surface area contributed by atoms with Crippen molar-refractivity contribution in [2.24, 2.45) is 0 Å². The smallest absolute Gasteiger partial charge is 0.298 e. The monoisotopic (exact) mass is 304 g/mol. The van der Waals surface area contributed by atoms with E-state index in [9.17, 15) is 31.1 Å². The zero-order valence-corrected chi connectivity index (χ0v) is 10.1. The summed E-state index contributed by atoms with van der Waals surface area (Å²) in [4.78, 5) is 10.6. The maximum atomic E-state index is 13.6. The number of hydrogen-bond donors (Lipinski definition) is 0. The van der Waals surface area contributed by atoms with Gasteiger partial charge in [0.2, 0.25) is 0 Å². The van der Waals surface area contributed by atoms with Crippen LogP contribution in [0.4, 0.5) is 26.3 Å². The second-order valence-corrected chi connectivity index (χ2v) is 4.16. The predicted molar refractivity (Wildman–Crippen MR) is 62.1 cm³/mol. The Hall–Kier alpha value is -2.31. The molecule has 0 aliphatic rings. The van der Waals surface area contributed by atoms with Crippen molar-refractivity contribution in [1.29, 1.82) is 0 Å². The van der Waals surface area contributed by atoms with Gasteiger partial charge in [-0.2, -0.15) is 13.2 Å². The van der Waals surface area contributed by atoms with E-state index >= 15 is 0 Å². The van der Waals surface area contributed by atoms with Gasteiger partial charge >= 0.3 is 6.18 Å². The highest BCUT2D eigenvalue weighted by molar-refractivity contribution is 5.80. The number of aldehydes is 1. The van der Waals surface area contributed by atoms with Crippen LogP contribution in [-0.4, -0.2) is 6.29 Å². The van der Waals surface area contributed by atoms with Gasteiger partial charge < -0.3 is 0 Å². The predicted octanol–water partition coefficient (Wildman–Crippen LogP) is 4.60. The Labute approximate surface area is 114 Å². The third-order valence-electron chi connectivity index (χ3n) is 2.81. The molecule has 0 bridgehead atoms. The first kappa shape index (κ1) is 15.1. The van der Waals surface area contributed by atoms with Crippen LogP contribution in [0.3, 0.4) is 0 Å². The van der Waals surface area contributed by atoms with E-state index in [0.29, 0.717) is 12.1 Å². The average molecular weight is 304 g/mol. The minimum absolute atomic E-state index is 0.00814. The van der Waals surface area contributed by atoms with Crippen LogP contribution in [0, 0.1) is 17.5 Å². The van der Waals surface area contributed by atoms with E-state index in [0.717, 1.165) is 12.1 Å². The molecule has 0 aromatic heterocycles. The van der Waals surface area contributed by atoms with Crippen LogP contribution in [0.1, 0.15) is 15.9 Å². The summed E-state index contributed by atoms with van der Waals surface area (Å²) in [6.07, 6.45) is -4.82. The molecule has 7 heteroatoms. The van der Waals surface area contributed by atoms with E-state index in [1.165, 1.54) is 0 Å². The molecule has 1 nitrogen and oxygen atoms in total. The molecule has 0 spiro atoms. The van der Waals surface area contributed by atoms with E-state index in [-0.39, 0.29) is 17.9 Å². The zero-order chi connectivity index (χ0) is 15.8. The van der Waals surface area contributed by atoms with Crippen LogP contribution in [0.15, 0.2) is 30.3 Å². The summed E-state index contributed by atoms with van der Waals surface area (Å²) >= 11 is 0. The van der Waals surface area contributed by atoms with Crippen molar-refractivity contribution < 1.29 is 31.1 Å². The topological polar surface area (TPSA) is 17.1 Å². The molecule has 0 atom stereocenters. The molecule has 0 amide bonds. The maximum Gasteiger partial charge on any atom is 0.417 e. The molecule has 21 heavy (non-hydrogen) atoms. The second kappa shape index (κ2) is 5.23. The van der Waals surface area contributed by atoms with Crippen LogP contribution in [0.25, 0.3) is 11.1 Å². The number of halogens is 6. The summed E-state index contributed by atoms with van der Waals surface area (Å²) in [6.45, 7) is 0. The van der Waals surface area contributed by atoms with Crippen LogP contribution in [-0.2, 0) is 6.18 Å². The Kier molecular flexibility index (Phi) is 3.76. The number of benzene rings is 2. The Balaban J connectivity index is 2.66. The fourth-order valence-corrected chi connectivity index (χ4v) is 1.82. The van der Waals surface area contributed by atoms with Crippen molar-refractivity contribution in [3.8, 4) is 11.1 Å². The molecule has 0 aliphatic carbocycles. The first-order valence-electron chi connectivity index (χ1n) is 5.55. The fourth-order valence-electron chi connectivity index (χ4n) is 1.82. The van der Waals surface area contributed by atoms with Gasteiger partial charge in [0.05, 0.1) is 5.56 Å². The number of rotatable bonds is 2. The molecule has 110 valence electrons. The summed E-state index contributed by atoms with van der Waals surface area (Å²) in [5, 5.41) is 0. The molecule has 2 rings (SSSR count). The largest absolute Gasteiger partial charge is 0.417 e. The van der Waals surface area contributed by atoms with E-state index in [4.69, 9.17) is 0 Å². The molecule has 0 fully saturated rings. The number of alkyl halides is 3. The Bertz CT molecular complexity index is 705. The molecule has 0 N–H and O–H groups in total. The Morgan fingerprint density at radius 1 is 0.857 bits per heavy atom. The van der Waals surface area contributed by atoms with Crippen LogP contribution >= 0.6 is 0 Å². The van der Waals surface area contributed by atoms with Gasteiger partial charge in [0, 0.05) is 17.2 Å². The summed E-state index contributed by atoms with van der Waals surface area (Å²) in [5.41, 5.74) is -2.76. The molecule has 0 radical (unpaired) electrons. The lowest BCUT2D eigenvalue weighted by Crippen LogP contribution is -2.09. The van der Waals surface area contributed by atoms with Crippen LogP contribution in [0.5, 0.6) is 0 Å². The van der Waals surface area contributed by atoms with Crippen molar-refractivity contribution in [3.05, 3.63) is 58.9 Å². The third kappa shape index (κ3) is 2.91. The van der Waals surface area contributed by atoms with Crippen LogP contribution in [0.2, 0.25) is 0 Å². The molecule has 0 aliphatic heterocycles. The van der Waals surface area contributed by atoms with Crippen molar-refractivity contribution in [2.45, 2.75) is 6.18 Å². The normalized spacial score (nSPS) is 11.5. The van der Waals surface area contributed by atoms with Gasteiger partial charge in [-0.05, 0) is 17.7 Å². The van der Waals surface area contributed by atoms with E-state index in [2.05, 4.69) is 0 Å². The standard InChI is InChI=1S/C14H6F6O/c15-11-5-13(17)12(16)4-9(11)7-1-2-8(6-21)10(3-7)14(18,19)20/h1-6H. The zero-order valence-electron chi connectivity index (χ0n) is 10.1. The van der Waals surface area contributed by atoms with Gasteiger partial charge in [0.25, 0.3) is 0 Å². The fraction of sp³-hybridized carbons (Fsp3) is 0.0714. The minimum atomic E-state index is -4.83. The molecule has 0 saturated carbocycles. The first-order valence-corrected chi connectivity index (χ1v) is 5.55. The highest BCUT2D eigenvalue weighted by Gasteiger charge is 2.33. The number of hydrogen-bond acceptors (Lipinski definition) is 1. The third-order valence-corrected chi connectivity index (χ3v) is 2.81.